The molecule has 1 spiro atoms. The zero-order valence-electron chi connectivity index (χ0n) is 16.3. The molecule has 0 atom stereocenters. The summed E-state index contributed by atoms with van der Waals surface area (Å²) in [6, 6.07) is 10.6. The van der Waals surface area contributed by atoms with Crippen molar-refractivity contribution in [3.05, 3.63) is 35.9 Å². The van der Waals surface area contributed by atoms with Crippen molar-refractivity contribution in [2.75, 3.05) is 32.7 Å². The molecular formula is C20H32Cl2N4O2. The Bertz CT molecular complexity index is 624. The third-order valence-corrected chi connectivity index (χ3v) is 5.77. The van der Waals surface area contributed by atoms with Crippen LogP contribution in [0.25, 0.3) is 0 Å². The number of carbonyl (C=O) groups is 2. The summed E-state index contributed by atoms with van der Waals surface area (Å²) in [5.41, 5.74) is 6.69. The first kappa shape index (κ1) is 24.7. The molecule has 0 aromatic heterocycles. The van der Waals surface area contributed by atoms with Gasteiger partial charge in [0.05, 0.1) is 13.1 Å². The highest BCUT2D eigenvalue weighted by Gasteiger charge is 2.43. The second kappa shape index (κ2) is 11.6. The lowest BCUT2D eigenvalue weighted by Gasteiger charge is -2.53. The van der Waals surface area contributed by atoms with E-state index in [1.165, 1.54) is 24.8 Å². The number of amides is 2. The van der Waals surface area contributed by atoms with E-state index in [9.17, 15) is 9.59 Å². The molecule has 1 saturated heterocycles. The van der Waals surface area contributed by atoms with Crippen LogP contribution in [0.5, 0.6) is 0 Å². The van der Waals surface area contributed by atoms with Gasteiger partial charge in [0.15, 0.2) is 0 Å². The number of nitrogens with zero attached hydrogens (tertiary/aromatic N) is 2. The van der Waals surface area contributed by atoms with Gasteiger partial charge in [0, 0.05) is 31.7 Å². The molecule has 0 radical (unpaired) electrons. The number of carbonyl (C=O) groups excluding carboxylic acids is 2. The van der Waals surface area contributed by atoms with Gasteiger partial charge in [-0.1, -0.05) is 49.6 Å². The minimum absolute atomic E-state index is 0. The summed E-state index contributed by atoms with van der Waals surface area (Å²) in [6.45, 7) is 3.26. The maximum absolute atomic E-state index is 12.6. The average Bonchev–Trinajstić information content (AvgIpc) is 2.69. The molecule has 2 aliphatic rings. The van der Waals surface area contributed by atoms with Crippen LogP contribution in [0.1, 0.15) is 37.7 Å². The quantitative estimate of drug-likeness (QED) is 0.747. The lowest BCUT2D eigenvalue weighted by molar-refractivity contribution is -0.139. The fraction of sp³-hybridized carbons (Fsp3) is 0.600. The number of hydrogen-bond donors (Lipinski definition) is 2. The number of halogens is 2. The van der Waals surface area contributed by atoms with Crippen LogP contribution in [0.3, 0.4) is 0 Å². The first-order valence-corrected chi connectivity index (χ1v) is 9.66. The summed E-state index contributed by atoms with van der Waals surface area (Å²) < 4.78 is 0. The standard InChI is InChI=1S/C20H30N4O2.2ClH/c21-13-18(25)22-14-19(26)23-11-12-24(15-17-7-3-1-4-8-17)20(16-23)9-5-2-6-10-20;;/h1,3-4,7-8H,2,5-6,9-16,21H2,(H,22,25);2*1H. The maximum atomic E-state index is 12.6. The summed E-state index contributed by atoms with van der Waals surface area (Å²) >= 11 is 0. The third kappa shape index (κ3) is 6.08. The fourth-order valence-corrected chi connectivity index (χ4v) is 4.32. The van der Waals surface area contributed by atoms with Gasteiger partial charge in [0.2, 0.25) is 11.8 Å². The molecule has 1 aromatic rings. The Kier molecular flexibility index (Phi) is 10.2. The van der Waals surface area contributed by atoms with E-state index in [2.05, 4.69) is 34.5 Å². The normalized spacial score (nSPS) is 18.7. The SMILES string of the molecule is Cl.Cl.NCC(=O)NCC(=O)N1CCN(Cc2ccccc2)C2(CCCCC2)C1. The van der Waals surface area contributed by atoms with Gasteiger partial charge in [-0.3, -0.25) is 14.5 Å². The van der Waals surface area contributed by atoms with E-state index >= 15 is 0 Å². The van der Waals surface area contributed by atoms with E-state index in [1.807, 2.05) is 11.0 Å². The zero-order valence-corrected chi connectivity index (χ0v) is 17.9. The lowest BCUT2D eigenvalue weighted by Crippen LogP contribution is -2.64. The van der Waals surface area contributed by atoms with Crippen LogP contribution in [0.4, 0.5) is 0 Å². The maximum Gasteiger partial charge on any atom is 0.242 e. The van der Waals surface area contributed by atoms with E-state index in [0.29, 0.717) is 6.54 Å². The zero-order chi connectivity index (χ0) is 18.4. The summed E-state index contributed by atoms with van der Waals surface area (Å²) in [6.07, 6.45) is 5.99. The molecule has 1 aromatic carbocycles. The van der Waals surface area contributed by atoms with Crippen LogP contribution < -0.4 is 11.1 Å². The average molecular weight is 431 g/mol. The van der Waals surface area contributed by atoms with Gasteiger partial charge in [0.1, 0.15) is 0 Å². The van der Waals surface area contributed by atoms with Crippen molar-refractivity contribution >= 4 is 36.6 Å². The van der Waals surface area contributed by atoms with E-state index in [1.54, 1.807) is 0 Å². The van der Waals surface area contributed by atoms with Crippen LogP contribution in [0, 0.1) is 0 Å². The molecule has 1 aliphatic heterocycles. The largest absolute Gasteiger partial charge is 0.346 e. The minimum Gasteiger partial charge on any atom is -0.346 e. The van der Waals surface area contributed by atoms with Crippen molar-refractivity contribution in [1.82, 2.24) is 15.1 Å². The smallest absolute Gasteiger partial charge is 0.242 e. The van der Waals surface area contributed by atoms with E-state index in [4.69, 9.17) is 5.73 Å². The molecule has 3 N–H and O–H groups in total. The Morgan fingerprint density at radius 2 is 1.71 bits per heavy atom. The van der Waals surface area contributed by atoms with Gasteiger partial charge < -0.3 is 16.0 Å². The molecule has 1 heterocycles. The van der Waals surface area contributed by atoms with Gasteiger partial charge in [-0.05, 0) is 18.4 Å². The number of hydrogen-bond acceptors (Lipinski definition) is 4. The van der Waals surface area contributed by atoms with E-state index in [0.717, 1.165) is 32.5 Å². The van der Waals surface area contributed by atoms with Crippen molar-refractivity contribution in [3.63, 3.8) is 0 Å². The van der Waals surface area contributed by atoms with Crippen LogP contribution in [0.2, 0.25) is 0 Å². The Hall–Kier alpha value is -1.34. The monoisotopic (exact) mass is 430 g/mol. The topological polar surface area (TPSA) is 78.7 Å². The number of nitrogens with two attached hydrogens (primary N) is 1. The predicted molar refractivity (Wildman–Crippen MR) is 116 cm³/mol. The molecule has 8 heteroatoms. The number of nitrogens with one attached hydrogen (secondary N) is 1. The lowest BCUT2D eigenvalue weighted by atomic mass is 9.78. The molecule has 6 nitrogen and oxygen atoms in total. The van der Waals surface area contributed by atoms with Crippen molar-refractivity contribution in [3.8, 4) is 0 Å². The molecular weight excluding hydrogens is 399 g/mol. The molecule has 0 unspecified atom stereocenters. The Morgan fingerprint density at radius 1 is 1.04 bits per heavy atom. The van der Waals surface area contributed by atoms with Crippen molar-refractivity contribution in [1.29, 1.82) is 0 Å². The minimum atomic E-state index is -0.284. The number of rotatable bonds is 5. The predicted octanol–water partition coefficient (Wildman–Crippen LogP) is 1.95. The van der Waals surface area contributed by atoms with Gasteiger partial charge in [0.25, 0.3) is 0 Å². The van der Waals surface area contributed by atoms with Crippen molar-refractivity contribution in [2.24, 2.45) is 5.73 Å². The second-order valence-electron chi connectivity index (χ2n) is 7.49. The molecule has 3 rings (SSSR count). The molecule has 0 bridgehead atoms. The molecule has 1 saturated carbocycles. The van der Waals surface area contributed by atoms with E-state index < -0.39 is 0 Å². The highest BCUT2D eigenvalue weighted by Crippen LogP contribution is 2.37. The molecule has 28 heavy (non-hydrogen) atoms. The molecule has 2 amide bonds. The molecule has 2 fully saturated rings. The van der Waals surface area contributed by atoms with E-state index in [-0.39, 0.29) is 55.3 Å². The number of benzene rings is 1. The number of piperazine rings is 1. The van der Waals surface area contributed by atoms with Crippen molar-refractivity contribution in [2.45, 2.75) is 44.2 Å². The first-order chi connectivity index (χ1) is 12.6. The molecule has 1 aliphatic carbocycles. The van der Waals surface area contributed by atoms with Crippen LogP contribution in [-0.4, -0.2) is 59.9 Å². The summed E-state index contributed by atoms with van der Waals surface area (Å²) in [7, 11) is 0. The Balaban J connectivity index is 0.00000196. The Morgan fingerprint density at radius 3 is 2.36 bits per heavy atom. The summed E-state index contributed by atoms with van der Waals surface area (Å²) in [5.74, 6) is -0.287. The van der Waals surface area contributed by atoms with Gasteiger partial charge in [-0.2, -0.15) is 0 Å². The van der Waals surface area contributed by atoms with Crippen molar-refractivity contribution < 1.29 is 9.59 Å². The van der Waals surface area contributed by atoms with Crippen LogP contribution >= 0.6 is 24.8 Å². The third-order valence-electron chi connectivity index (χ3n) is 5.77. The Labute approximate surface area is 180 Å². The van der Waals surface area contributed by atoms with Gasteiger partial charge in [-0.15, -0.1) is 24.8 Å². The summed E-state index contributed by atoms with van der Waals surface area (Å²) in [4.78, 5) is 28.4. The highest BCUT2D eigenvalue weighted by atomic mass is 35.5. The fourth-order valence-electron chi connectivity index (χ4n) is 4.32. The summed E-state index contributed by atoms with van der Waals surface area (Å²) in [5, 5.41) is 2.60. The van der Waals surface area contributed by atoms with Crippen LogP contribution in [0.15, 0.2) is 30.3 Å². The van der Waals surface area contributed by atoms with Crippen LogP contribution in [-0.2, 0) is 16.1 Å². The van der Waals surface area contributed by atoms with Gasteiger partial charge in [-0.25, -0.2) is 0 Å². The first-order valence-electron chi connectivity index (χ1n) is 9.66. The van der Waals surface area contributed by atoms with Gasteiger partial charge >= 0.3 is 0 Å². The second-order valence-corrected chi connectivity index (χ2v) is 7.49. The molecule has 158 valence electrons. The highest BCUT2D eigenvalue weighted by molar-refractivity contribution is 5.86.